The smallest absolute Gasteiger partial charge is 0.325 e. The standard InChI is InChI=1S/C16H21N3O2/c1-11-14(12(2)18-17-11)9-10-19(3)15(16(20)21)13-7-5-4-6-8-13/h4-8,15H,9-10H2,1-3H3,(H,17,18)(H,20,21). The molecular formula is C16H21N3O2. The first-order valence-corrected chi connectivity index (χ1v) is 6.99. The van der Waals surface area contributed by atoms with Gasteiger partial charge in [-0.2, -0.15) is 5.10 Å². The Morgan fingerprint density at radius 3 is 2.52 bits per heavy atom. The number of nitrogens with zero attached hydrogens (tertiary/aromatic N) is 2. The van der Waals surface area contributed by atoms with Crippen molar-refractivity contribution in [3.63, 3.8) is 0 Å². The molecule has 2 N–H and O–H groups in total. The van der Waals surface area contributed by atoms with Gasteiger partial charge in [0.25, 0.3) is 0 Å². The minimum Gasteiger partial charge on any atom is -0.480 e. The fourth-order valence-electron chi connectivity index (χ4n) is 2.58. The van der Waals surface area contributed by atoms with Crippen molar-refractivity contribution in [2.24, 2.45) is 0 Å². The molecule has 0 saturated carbocycles. The largest absolute Gasteiger partial charge is 0.480 e. The molecule has 0 bridgehead atoms. The molecule has 0 saturated heterocycles. The molecule has 1 aromatic heterocycles. The Bertz CT molecular complexity index is 588. The quantitative estimate of drug-likeness (QED) is 0.855. The summed E-state index contributed by atoms with van der Waals surface area (Å²) in [5.74, 6) is -0.829. The molecule has 0 aliphatic carbocycles. The van der Waals surface area contributed by atoms with E-state index in [1.165, 1.54) is 5.56 Å². The van der Waals surface area contributed by atoms with Gasteiger partial charge in [-0.05, 0) is 38.4 Å². The van der Waals surface area contributed by atoms with Gasteiger partial charge < -0.3 is 5.11 Å². The Morgan fingerprint density at radius 2 is 2.00 bits per heavy atom. The molecule has 1 atom stereocenters. The number of carboxylic acids is 1. The van der Waals surface area contributed by atoms with Crippen molar-refractivity contribution >= 4 is 5.97 Å². The average molecular weight is 287 g/mol. The van der Waals surface area contributed by atoms with Crippen LogP contribution < -0.4 is 0 Å². The van der Waals surface area contributed by atoms with Crippen LogP contribution in [0.4, 0.5) is 0 Å². The van der Waals surface area contributed by atoms with E-state index in [1.807, 2.05) is 56.1 Å². The van der Waals surface area contributed by atoms with Crippen LogP contribution in [0, 0.1) is 13.8 Å². The van der Waals surface area contributed by atoms with E-state index in [0.717, 1.165) is 23.4 Å². The molecule has 112 valence electrons. The number of hydrogen-bond acceptors (Lipinski definition) is 3. The van der Waals surface area contributed by atoms with Gasteiger partial charge in [0, 0.05) is 12.2 Å². The summed E-state index contributed by atoms with van der Waals surface area (Å²) in [6.07, 6.45) is 0.779. The predicted molar refractivity (Wildman–Crippen MR) is 81.2 cm³/mol. The van der Waals surface area contributed by atoms with E-state index in [1.54, 1.807) is 0 Å². The van der Waals surface area contributed by atoms with Crippen molar-refractivity contribution in [3.8, 4) is 0 Å². The lowest BCUT2D eigenvalue weighted by atomic mass is 10.0. The van der Waals surface area contributed by atoms with Gasteiger partial charge in [0.15, 0.2) is 0 Å². The normalized spacial score (nSPS) is 12.6. The molecule has 1 heterocycles. The number of nitrogens with one attached hydrogen (secondary N) is 1. The van der Waals surface area contributed by atoms with Crippen LogP contribution in [0.1, 0.15) is 28.6 Å². The summed E-state index contributed by atoms with van der Waals surface area (Å²) in [5, 5.41) is 16.6. The fraction of sp³-hybridized carbons (Fsp3) is 0.375. The van der Waals surface area contributed by atoms with Crippen molar-refractivity contribution in [3.05, 3.63) is 52.8 Å². The van der Waals surface area contributed by atoms with Gasteiger partial charge in [-0.25, -0.2) is 0 Å². The second-order valence-electron chi connectivity index (χ2n) is 5.29. The second kappa shape index (κ2) is 6.54. The summed E-state index contributed by atoms with van der Waals surface area (Å²) in [7, 11) is 1.84. The summed E-state index contributed by atoms with van der Waals surface area (Å²) in [4.78, 5) is 13.4. The van der Waals surface area contributed by atoms with Crippen molar-refractivity contribution in [2.45, 2.75) is 26.3 Å². The third-order valence-electron chi connectivity index (χ3n) is 3.79. The van der Waals surface area contributed by atoms with Gasteiger partial charge in [0.1, 0.15) is 6.04 Å². The van der Waals surface area contributed by atoms with E-state index < -0.39 is 12.0 Å². The van der Waals surface area contributed by atoms with Crippen LogP contribution in [0.15, 0.2) is 30.3 Å². The van der Waals surface area contributed by atoms with Crippen LogP contribution >= 0.6 is 0 Å². The lowest BCUT2D eigenvalue weighted by Gasteiger charge is -2.25. The van der Waals surface area contributed by atoms with E-state index in [-0.39, 0.29) is 0 Å². The van der Waals surface area contributed by atoms with Crippen LogP contribution in [0.25, 0.3) is 0 Å². The number of aromatic amines is 1. The van der Waals surface area contributed by atoms with Gasteiger partial charge in [-0.15, -0.1) is 0 Å². The number of H-pyrrole nitrogens is 1. The minimum atomic E-state index is -0.829. The number of likely N-dealkylation sites (N-methyl/N-ethyl adjacent to an activating group) is 1. The zero-order valence-corrected chi connectivity index (χ0v) is 12.6. The number of carbonyl (C=O) groups is 1. The molecule has 2 rings (SSSR count). The highest BCUT2D eigenvalue weighted by Gasteiger charge is 2.24. The Morgan fingerprint density at radius 1 is 1.33 bits per heavy atom. The maximum Gasteiger partial charge on any atom is 0.325 e. The lowest BCUT2D eigenvalue weighted by molar-refractivity contribution is -0.143. The van der Waals surface area contributed by atoms with Gasteiger partial charge >= 0.3 is 5.97 Å². The van der Waals surface area contributed by atoms with Crippen LogP contribution in [-0.4, -0.2) is 39.8 Å². The van der Waals surface area contributed by atoms with E-state index in [2.05, 4.69) is 10.2 Å². The topological polar surface area (TPSA) is 69.2 Å². The third-order valence-corrected chi connectivity index (χ3v) is 3.79. The molecule has 1 unspecified atom stereocenters. The van der Waals surface area contributed by atoms with Crippen LogP contribution in [0.5, 0.6) is 0 Å². The Balaban J connectivity index is 2.10. The van der Waals surface area contributed by atoms with E-state index in [0.29, 0.717) is 6.54 Å². The zero-order valence-electron chi connectivity index (χ0n) is 12.6. The second-order valence-corrected chi connectivity index (χ2v) is 5.29. The number of hydrogen-bond donors (Lipinski definition) is 2. The van der Waals surface area contributed by atoms with Crippen molar-refractivity contribution in [1.82, 2.24) is 15.1 Å². The minimum absolute atomic E-state index is 0.626. The highest BCUT2D eigenvalue weighted by molar-refractivity contribution is 5.75. The number of aliphatic carboxylic acids is 1. The number of rotatable bonds is 6. The average Bonchev–Trinajstić information content (AvgIpc) is 2.77. The molecule has 0 spiro atoms. The zero-order chi connectivity index (χ0) is 15.4. The first kappa shape index (κ1) is 15.3. The Labute approximate surface area is 124 Å². The van der Waals surface area contributed by atoms with Gasteiger partial charge in [-0.1, -0.05) is 30.3 Å². The number of aryl methyl sites for hydroxylation is 2. The molecule has 21 heavy (non-hydrogen) atoms. The number of carboxylic acid groups (broad SMARTS) is 1. The van der Waals surface area contributed by atoms with E-state index >= 15 is 0 Å². The molecule has 5 heteroatoms. The molecule has 0 radical (unpaired) electrons. The van der Waals surface area contributed by atoms with E-state index in [9.17, 15) is 9.90 Å². The highest BCUT2D eigenvalue weighted by Crippen LogP contribution is 2.20. The molecule has 0 aliphatic rings. The summed E-state index contributed by atoms with van der Waals surface area (Å²) in [6.45, 7) is 4.61. The van der Waals surface area contributed by atoms with Gasteiger partial charge in [0.2, 0.25) is 0 Å². The molecule has 2 aromatic rings. The van der Waals surface area contributed by atoms with Crippen molar-refractivity contribution in [1.29, 1.82) is 0 Å². The van der Waals surface area contributed by atoms with Crippen molar-refractivity contribution < 1.29 is 9.90 Å². The van der Waals surface area contributed by atoms with Gasteiger partial charge in [-0.3, -0.25) is 14.8 Å². The molecule has 0 fully saturated rings. The number of benzene rings is 1. The Hall–Kier alpha value is -2.14. The maximum absolute atomic E-state index is 11.6. The van der Waals surface area contributed by atoms with Crippen LogP contribution in [0.2, 0.25) is 0 Å². The summed E-state index contributed by atoms with van der Waals surface area (Å²) >= 11 is 0. The SMILES string of the molecule is Cc1n[nH]c(C)c1CCN(C)C(C(=O)O)c1ccccc1. The monoisotopic (exact) mass is 287 g/mol. The van der Waals surface area contributed by atoms with Crippen molar-refractivity contribution in [2.75, 3.05) is 13.6 Å². The third kappa shape index (κ3) is 3.49. The molecule has 1 aromatic carbocycles. The predicted octanol–water partition coefficient (Wildman–Crippen LogP) is 2.33. The molecule has 0 amide bonds. The molecule has 0 aliphatic heterocycles. The van der Waals surface area contributed by atoms with Crippen LogP contribution in [0.3, 0.4) is 0 Å². The summed E-state index contributed by atoms with van der Waals surface area (Å²) in [5.41, 5.74) is 3.99. The maximum atomic E-state index is 11.6. The van der Waals surface area contributed by atoms with Gasteiger partial charge in [0.05, 0.1) is 5.69 Å². The summed E-state index contributed by atoms with van der Waals surface area (Å²) in [6, 6.07) is 8.69. The first-order valence-electron chi connectivity index (χ1n) is 6.99. The summed E-state index contributed by atoms with van der Waals surface area (Å²) < 4.78 is 0. The van der Waals surface area contributed by atoms with E-state index in [4.69, 9.17) is 0 Å². The van der Waals surface area contributed by atoms with Crippen LogP contribution in [-0.2, 0) is 11.2 Å². The molecule has 5 nitrogen and oxygen atoms in total. The fourth-order valence-corrected chi connectivity index (χ4v) is 2.58. The highest BCUT2D eigenvalue weighted by atomic mass is 16.4. The first-order chi connectivity index (χ1) is 10.0. The number of aromatic nitrogens is 2. The molecular weight excluding hydrogens is 266 g/mol. The Kier molecular flexibility index (Phi) is 4.75. The lowest BCUT2D eigenvalue weighted by Crippen LogP contribution is -2.32.